The molecule has 7 nitrogen and oxygen atoms in total. The van der Waals surface area contributed by atoms with Gasteiger partial charge in [-0.2, -0.15) is 9.61 Å². The third-order valence-corrected chi connectivity index (χ3v) is 4.08. The lowest BCUT2D eigenvalue weighted by Gasteiger charge is -2.35. The van der Waals surface area contributed by atoms with Gasteiger partial charge in [0.2, 0.25) is 0 Å². The van der Waals surface area contributed by atoms with E-state index < -0.39 is 5.60 Å². The van der Waals surface area contributed by atoms with Crippen molar-refractivity contribution in [2.24, 2.45) is 5.92 Å². The molecule has 1 aliphatic carbocycles. The summed E-state index contributed by atoms with van der Waals surface area (Å²) in [5.74, 6) is 1.25. The maximum atomic E-state index is 11.4. The summed E-state index contributed by atoms with van der Waals surface area (Å²) in [6, 6.07) is 3.46. The summed E-state index contributed by atoms with van der Waals surface area (Å²) in [5, 5.41) is 23.9. The second-order valence-electron chi connectivity index (χ2n) is 5.78. The topological polar surface area (TPSA) is 95.3 Å². The Morgan fingerprint density at radius 1 is 1.50 bits per heavy atom. The first-order valence-electron chi connectivity index (χ1n) is 6.96. The van der Waals surface area contributed by atoms with Gasteiger partial charge in [-0.1, -0.05) is 6.92 Å². The average molecular weight is 277 g/mol. The van der Waals surface area contributed by atoms with E-state index in [4.69, 9.17) is 0 Å². The monoisotopic (exact) mass is 277 g/mol. The number of anilines is 1. The largest absolute Gasteiger partial charge is 0.388 e. The van der Waals surface area contributed by atoms with Crippen LogP contribution in [0.5, 0.6) is 0 Å². The van der Waals surface area contributed by atoms with Gasteiger partial charge in [0.05, 0.1) is 5.60 Å². The maximum Gasteiger partial charge on any atom is 0.364 e. The lowest BCUT2D eigenvalue weighted by atomic mass is 9.79. The van der Waals surface area contributed by atoms with Gasteiger partial charge in [0.25, 0.3) is 0 Å². The van der Waals surface area contributed by atoms with Crippen LogP contribution in [0.1, 0.15) is 32.6 Å². The molecule has 0 radical (unpaired) electrons. The Balaban J connectivity index is 1.70. The number of hydrogen-bond donors (Lipinski definition) is 3. The van der Waals surface area contributed by atoms with Crippen molar-refractivity contribution < 1.29 is 5.11 Å². The Hall–Kier alpha value is -1.89. The smallest absolute Gasteiger partial charge is 0.364 e. The molecule has 0 aliphatic heterocycles. The molecule has 3 rings (SSSR count). The molecule has 2 aromatic rings. The highest BCUT2D eigenvalue weighted by molar-refractivity contribution is 5.43. The summed E-state index contributed by atoms with van der Waals surface area (Å²) in [4.78, 5) is 11.4. The van der Waals surface area contributed by atoms with Crippen molar-refractivity contribution in [3.05, 3.63) is 22.6 Å². The van der Waals surface area contributed by atoms with Crippen molar-refractivity contribution >= 4 is 11.5 Å². The van der Waals surface area contributed by atoms with E-state index in [1.165, 1.54) is 4.52 Å². The van der Waals surface area contributed by atoms with Gasteiger partial charge in [-0.3, -0.25) is 0 Å². The molecule has 1 saturated carbocycles. The summed E-state index contributed by atoms with van der Waals surface area (Å²) < 4.78 is 1.20. The van der Waals surface area contributed by atoms with Crippen molar-refractivity contribution in [2.45, 2.75) is 38.2 Å². The summed E-state index contributed by atoms with van der Waals surface area (Å²) in [6.07, 6.45) is 3.70. The van der Waals surface area contributed by atoms with Crippen LogP contribution >= 0.6 is 0 Å². The first kappa shape index (κ1) is 13.1. The van der Waals surface area contributed by atoms with E-state index in [0.29, 0.717) is 23.9 Å². The van der Waals surface area contributed by atoms with E-state index in [9.17, 15) is 9.90 Å². The highest BCUT2D eigenvalue weighted by atomic mass is 16.3. The predicted molar refractivity (Wildman–Crippen MR) is 74.7 cm³/mol. The Bertz CT molecular complexity index is 654. The van der Waals surface area contributed by atoms with Gasteiger partial charge < -0.3 is 10.4 Å². The van der Waals surface area contributed by atoms with Gasteiger partial charge >= 0.3 is 5.69 Å². The highest BCUT2D eigenvalue weighted by Gasteiger charge is 2.31. The first-order chi connectivity index (χ1) is 9.56. The first-order valence-corrected chi connectivity index (χ1v) is 6.96. The lowest BCUT2D eigenvalue weighted by Crippen LogP contribution is -2.40. The molecule has 20 heavy (non-hydrogen) atoms. The number of nitrogens with zero attached hydrogens (tertiary/aromatic N) is 3. The van der Waals surface area contributed by atoms with Crippen LogP contribution in [0.3, 0.4) is 0 Å². The zero-order valence-corrected chi connectivity index (χ0v) is 11.5. The highest BCUT2D eigenvalue weighted by Crippen LogP contribution is 2.31. The van der Waals surface area contributed by atoms with Gasteiger partial charge in [-0.05, 0) is 43.7 Å². The number of H-pyrrole nitrogens is 1. The molecule has 108 valence electrons. The van der Waals surface area contributed by atoms with Gasteiger partial charge in [-0.15, -0.1) is 5.10 Å². The van der Waals surface area contributed by atoms with Crippen LogP contribution in [0.25, 0.3) is 5.65 Å². The predicted octanol–water partition coefficient (Wildman–Crippen LogP) is 0.771. The van der Waals surface area contributed by atoms with E-state index in [1.54, 1.807) is 12.1 Å². The molecule has 0 bridgehead atoms. The van der Waals surface area contributed by atoms with Gasteiger partial charge in [0.15, 0.2) is 5.65 Å². The van der Waals surface area contributed by atoms with E-state index in [2.05, 4.69) is 27.5 Å². The standard InChI is InChI=1S/C13H19N5O2/c1-9-4-6-13(20,7-5-9)8-14-10-2-3-11-15-16-12(19)18(11)17-10/h2-3,9,20H,4-8H2,1H3,(H,14,17)(H,16,19). The average Bonchev–Trinajstić information content (AvgIpc) is 2.82. The van der Waals surface area contributed by atoms with Gasteiger partial charge in [0.1, 0.15) is 5.82 Å². The normalized spacial score (nSPS) is 26.8. The van der Waals surface area contributed by atoms with Crippen molar-refractivity contribution in [1.29, 1.82) is 0 Å². The Kier molecular flexibility index (Phi) is 3.21. The van der Waals surface area contributed by atoms with Crippen LogP contribution in [0, 0.1) is 5.92 Å². The zero-order valence-electron chi connectivity index (χ0n) is 11.5. The van der Waals surface area contributed by atoms with E-state index in [0.717, 1.165) is 25.7 Å². The number of nitrogens with one attached hydrogen (secondary N) is 2. The Morgan fingerprint density at radius 3 is 3.00 bits per heavy atom. The lowest BCUT2D eigenvalue weighted by molar-refractivity contribution is 0.00493. The summed E-state index contributed by atoms with van der Waals surface area (Å²) in [7, 11) is 0. The minimum atomic E-state index is -0.676. The van der Waals surface area contributed by atoms with E-state index >= 15 is 0 Å². The van der Waals surface area contributed by atoms with Crippen molar-refractivity contribution in [1.82, 2.24) is 19.8 Å². The molecule has 0 spiro atoms. The third-order valence-electron chi connectivity index (χ3n) is 4.08. The fraction of sp³-hybridized carbons (Fsp3) is 0.615. The van der Waals surface area contributed by atoms with Gasteiger partial charge in [-0.25, -0.2) is 9.89 Å². The Labute approximate surface area is 116 Å². The molecule has 0 unspecified atom stereocenters. The molecular formula is C13H19N5O2. The summed E-state index contributed by atoms with van der Waals surface area (Å²) >= 11 is 0. The molecule has 0 amide bonds. The summed E-state index contributed by atoms with van der Waals surface area (Å²) in [6.45, 7) is 2.67. The minimum absolute atomic E-state index is 0.367. The molecule has 1 fully saturated rings. The summed E-state index contributed by atoms with van der Waals surface area (Å²) in [5.41, 5.74) is -0.565. The van der Waals surface area contributed by atoms with Crippen LogP contribution in [-0.4, -0.2) is 37.1 Å². The SMILES string of the molecule is CC1CCC(O)(CNc2ccc3n[nH]c(=O)n3n2)CC1. The van der Waals surface area contributed by atoms with Gasteiger partial charge in [0, 0.05) is 6.54 Å². The number of aromatic nitrogens is 4. The van der Waals surface area contributed by atoms with Crippen LogP contribution in [-0.2, 0) is 0 Å². The number of rotatable bonds is 3. The maximum absolute atomic E-state index is 11.4. The molecule has 0 aromatic carbocycles. The molecule has 7 heteroatoms. The van der Waals surface area contributed by atoms with Crippen LogP contribution in [0.2, 0.25) is 0 Å². The molecular weight excluding hydrogens is 258 g/mol. The molecule has 0 atom stereocenters. The zero-order chi connectivity index (χ0) is 14.2. The Morgan fingerprint density at radius 2 is 2.25 bits per heavy atom. The van der Waals surface area contributed by atoms with Crippen LogP contribution < -0.4 is 11.0 Å². The van der Waals surface area contributed by atoms with Crippen LogP contribution in [0.4, 0.5) is 5.82 Å². The molecule has 2 heterocycles. The van der Waals surface area contributed by atoms with Crippen molar-refractivity contribution in [2.75, 3.05) is 11.9 Å². The fourth-order valence-corrected chi connectivity index (χ4v) is 2.63. The van der Waals surface area contributed by atoms with E-state index in [-0.39, 0.29) is 5.69 Å². The third kappa shape index (κ3) is 2.53. The number of fused-ring (bicyclic) bond motifs is 1. The minimum Gasteiger partial charge on any atom is -0.388 e. The van der Waals surface area contributed by atoms with Crippen LogP contribution in [0.15, 0.2) is 16.9 Å². The number of aliphatic hydroxyl groups is 1. The number of hydrogen-bond acceptors (Lipinski definition) is 5. The number of aromatic amines is 1. The fourth-order valence-electron chi connectivity index (χ4n) is 2.63. The molecule has 2 aromatic heterocycles. The molecule has 3 N–H and O–H groups in total. The second kappa shape index (κ2) is 4.90. The molecule has 0 saturated heterocycles. The van der Waals surface area contributed by atoms with Crippen molar-refractivity contribution in [3.8, 4) is 0 Å². The quantitative estimate of drug-likeness (QED) is 0.770. The second-order valence-corrected chi connectivity index (χ2v) is 5.78. The molecule has 1 aliphatic rings. The van der Waals surface area contributed by atoms with E-state index in [1.807, 2.05) is 0 Å². The van der Waals surface area contributed by atoms with Crippen molar-refractivity contribution in [3.63, 3.8) is 0 Å².